The molecule has 0 aliphatic carbocycles. The molecule has 6 nitrogen and oxygen atoms in total. The van der Waals surface area contributed by atoms with Gasteiger partial charge in [0.25, 0.3) is 0 Å². The normalized spacial score (nSPS) is 12.0. The van der Waals surface area contributed by atoms with Gasteiger partial charge in [0.1, 0.15) is 0 Å². The van der Waals surface area contributed by atoms with E-state index in [2.05, 4.69) is 4.98 Å². The molecule has 0 saturated carbocycles. The molecular weight excluding hydrogens is 340 g/mol. The van der Waals surface area contributed by atoms with E-state index in [4.69, 9.17) is 4.42 Å². The number of oxazole rings is 1. The summed E-state index contributed by atoms with van der Waals surface area (Å²) < 4.78 is 31.9. The zero-order chi connectivity index (χ0) is 17.6. The van der Waals surface area contributed by atoms with Crippen LogP contribution in [0.4, 0.5) is 0 Å². The molecule has 7 heteroatoms. The molecule has 2 aromatic carbocycles. The van der Waals surface area contributed by atoms with Gasteiger partial charge in [0.05, 0.1) is 21.7 Å². The number of aromatic nitrogens is 2. The molecule has 4 aromatic rings. The number of hydrogen-bond donors (Lipinski definition) is 0. The van der Waals surface area contributed by atoms with Gasteiger partial charge in [-0.3, -0.25) is 9.55 Å². The zero-order valence-corrected chi connectivity index (χ0v) is 14.2. The van der Waals surface area contributed by atoms with E-state index in [0.717, 1.165) is 10.9 Å². The summed E-state index contributed by atoms with van der Waals surface area (Å²) in [4.78, 5) is 15.9. The molecule has 0 aliphatic rings. The summed E-state index contributed by atoms with van der Waals surface area (Å²) in [6.07, 6.45) is 1.70. The van der Waals surface area contributed by atoms with E-state index in [-0.39, 0.29) is 16.2 Å². The van der Waals surface area contributed by atoms with Crippen molar-refractivity contribution in [3.8, 4) is 0 Å². The predicted molar refractivity (Wildman–Crippen MR) is 94.1 cm³/mol. The highest BCUT2D eigenvalue weighted by atomic mass is 32.2. The first kappa shape index (κ1) is 15.6. The number of pyridine rings is 1. The first-order valence-electron chi connectivity index (χ1n) is 7.60. The van der Waals surface area contributed by atoms with Crippen LogP contribution in [-0.4, -0.2) is 18.0 Å². The second-order valence-electron chi connectivity index (χ2n) is 5.85. The molecule has 0 aliphatic heterocycles. The summed E-state index contributed by atoms with van der Waals surface area (Å²) in [5, 5.41) is 0.889. The molecule has 0 spiro atoms. The van der Waals surface area contributed by atoms with Crippen LogP contribution in [0.5, 0.6) is 0 Å². The molecule has 2 heterocycles. The average molecular weight is 354 g/mol. The molecule has 0 bridgehead atoms. The molecule has 0 radical (unpaired) electrons. The third kappa shape index (κ3) is 2.72. The minimum atomic E-state index is -3.57. The molecule has 0 fully saturated rings. The van der Waals surface area contributed by atoms with Gasteiger partial charge in [0.15, 0.2) is 15.4 Å². The molecule has 0 unspecified atom stereocenters. The Balaban J connectivity index is 1.74. The van der Waals surface area contributed by atoms with E-state index < -0.39 is 15.6 Å². The van der Waals surface area contributed by atoms with Crippen molar-refractivity contribution in [1.29, 1.82) is 0 Å². The lowest BCUT2D eigenvalue weighted by Crippen LogP contribution is -2.08. The molecule has 0 amide bonds. The zero-order valence-electron chi connectivity index (χ0n) is 13.3. The maximum Gasteiger partial charge on any atom is 0.419 e. The third-order valence-electron chi connectivity index (χ3n) is 4.15. The fourth-order valence-corrected chi connectivity index (χ4v) is 4.17. The van der Waals surface area contributed by atoms with E-state index in [9.17, 15) is 13.2 Å². The fraction of sp³-hybridized carbons (Fsp3) is 0.111. The third-order valence-corrected chi connectivity index (χ3v) is 5.83. The monoisotopic (exact) mass is 354 g/mol. The number of sulfone groups is 1. The van der Waals surface area contributed by atoms with Gasteiger partial charge in [0.2, 0.25) is 0 Å². The second kappa shape index (κ2) is 5.56. The number of fused-ring (bicyclic) bond motifs is 2. The molecular formula is C18H14N2O4S. The Bertz CT molecular complexity index is 1270. The van der Waals surface area contributed by atoms with Crippen LogP contribution in [0.2, 0.25) is 0 Å². The Kier molecular flexibility index (Phi) is 3.47. The van der Waals surface area contributed by atoms with E-state index in [0.29, 0.717) is 11.1 Å². The van der Waals surface area contributed by atoms with Crippen molar-refractivity contribution < 1.29 is 12.8 Å². The van der Waals surface area contributed by atoms with Crippen LogP contribution in [0.15, 0.2) is 68.8 Å². The lowest BCUT2D eigenvalue weighted by atomic mass is 10.1. The van der Waals surface area contributed by atoms with Gasteiger partial charge in [-0.25, -0.2) is 13.2 Å². The molecule has 0 N–H and O–H groups in total. The van der Waals surface area contributed by atoms with Crippen molar-refractivity contribution in [3.05, 3.63) is 70.8 Å². The maximum atomic E-state index is 12.7. The summed E-state index contributed by atoms with van der Waals surface area (Å²) in [6, 6.07) is 13.6. The smallest absolute Gasteiger partial charge is 0.408 e. The number of rotatable bonds is 3. The number of aryl methyl sites for hydroxylation is 1. The van der Waals surface area contributed by atoms with Gasteiger partial charge >= 0.3 is 5.76 Å². The summed E-state index contributed by atoms with van der Waals surface area (Å²) in [6.45, 7) is 0. The molecule has 4 rings (SSSR count). The molecule has 25 heavy (non-hydrogen) atoms. The topological polar surface area (TPSA) is 82.2 Å². The van der Waals surface area contributed by atoms with E-state index >= 15 is 0 Å². The van der Waals surface area contributed by atoms with Crippen LogP contribution in [0, 0.1) is 0 Å². The van der Waals surface area contributed by atoms with Gasteiger partial charge in [0, 0.05) is 24.7 Å². The van der Waals surface area contributed by atoms with Gasteiger partial charge < -0.3 is 4.42 Å². The molecule has 0 saturated heterocycles. The lowest BCUT2D eigenvalue weighted by molar-refractivity contribution is 0.527. The highest BCUT2D eigenvalue weighted by Gasteiger charge is 2.18. The Labute approximate surface area is 143 Å². The van der Waals surface area contributed by atoms with Gasteiger partial charge in [-0.1, -0.05) is 12.1 Å². The van der Waals surface area contributed by atoms with E-state index in [1.165, 1.54) is 16.7 Å². The SMILES string of the molecule is Cn1c(=O)oc2cc(S(=O)(=O)Cc3ccc4ncccc4c3)ccc21. The average Bonchev–Trinajstić information content (AvgIpc) is 2.88. The van der Waals surface area contributed by atoms with E-state index in [1.807, 2.05) is 18.2 Å². The van der Waals surface area contributed by atoms with Crippen LogP contribution in [0.25, 0.3) is 22.0 Å². The largest absolute Gasteiger partial charge is 0.419 e. The Morgan fingerprint density at radius 2 is 1.96 bits per heavy atom. The van der Waals surface area contributed by atoms with Crippen molar-refractivity contribution in [2.75, 3.05) is 0 Å². The first-order chi connectivity index (χ1) is 11.9. The number of nitrogens with zero attached hydrogens (tertiary/aromatic N) is 2. The summed E-state index contributed by atoms with van der Waals surface area (Å²) in [5.41, 5.74) is 2.31. The Hall–Kier alpha value is -2.93. The standard InChI is InChI=1S/C18H14N2O4S/c1-20-16-7-5-14(10-17(16)24-18(20)21)25(22,23)11-12-4-6-15-13(9-12)3-2-8-19-15/h2-10H,11H2,1H3. The Morgan fingerprint density at radius 1 is 1.12 bits per heavy atom. The van der Waals surface area contributed by atoms with Crippen LogP contribution in [0.3, 0.4) is 0 Å². The summed E-state index contributed by atoms with van der Waals surface area (Å²) >= 11 is 0. The fourth-order valence-electron chi connectivity index (χ4n) is 2.83. The van der Waals surface area contributed by atoms with Crippen LogP contribution in [0.1, 0.15) is 5.56 Å². The van der Waals surface area contributed by atoms with E-state index in [1.54, 1.807) is 31.4 Å². The predicted octanol–water partition coefficient (Wildman–Crippen LogP) is 2.65. The van der Waals surface area contributed by atoms with Gasteiger partial charge in [-0.15, -0.1) is 0 Å². The highest BCUT2D eigenvalue weighted by molar-refractivity contribution is 7.90. The van der Waals surface area contributed by atoms with Crippen molar-refractivity contribution >= 4 is 31.8 Å². The molecule has 0 atom stereocenters. The van der Waals surface area contributed by atoms with Crippen molar-refractivity contribution in [2.24, 2.45) is 7.05 Å². The minimum absolute atomic E-state index is 0.126. The van der Waals surface area contributed by atoms with Crippen molar-refractivity contribution in [1.82, 2.24) is 9.55 Å². The number of hydrogen-bond acceptors (Lipinski definition) is 5. The molecule has 2 aromatic heterocycles. The van der Waals surface area contributed by atoms with Crippen molar-refractivity contribution in [2.45, 2.75) is 10.6 Å². The summed E-state index contributed by atoms with van der Waals surface area (Å²) in [5.74, 6) is -0.660. The Morgan fingerprint density at radius 3 is 2.80 bits per heavy atom. The molecule has 126 valence electrons. The van der Waals surface area contributed by atoms with Crippen molar-refractivity contribution in [3.63, 3.8) is 0 Å². The minimum Gasteiger partial charge on any atom is -0.408 e. The van der Waals surface area contributed by atoms with Crippen LogP contribution < -0.4 is 5.76 Å². The lowest BCUT2D eigenvalue weighted by Gasteiger charge is -2.06. The highest BCUT2D eigenvalue weighted by Crippen LogP contribution is 2.23. The summed E-state index contributed by atoms with van der Waals surface area (Å²) in [7, 11) is -1.99. The first-order valence-corrected chi connectivity index (χ1v) is 9.25. The second-order valence-corrected chi connectivity index (χ2v) is 7.84. The van der Waals surface area contributed by atoms with Crippen LogP contribution in [-0.2, 0) is 22.6 Å². The quantitative estimate of drug-likeness (QED) is 0.565. The van der Waals surface area contributed by atoms with Crippen LogP contribution >= 0.6 is 0 Å². The van der Waals surface area contributed by atoms with Gasteiger partial charge in [-0.2, -0.15) is 0 Å². The maximum absolute atomic E-state index is 12.7. The number of benzene rings is 2. The van der Waals surface area contributed by atoms with Gasteiger partial charge in [-0.05, 0) is 35.9 Å².